The summed E-state index contributed by atoms with van der Waals surface area (Å²) in [5, 5.41) is 9.69. The summed E-state index contributed by atoms with van der Waals surface area (Å²) in [7, 11) is 5.92. The zero-order chi connectivity index (χ0) is 8.91. The maximum absolute atomic E-state index is 3.24. The lowest BCUT2D eigenvalue weighted by molar-refractivity contribution is 0.274. The van der Waals surface area contributed by atoms with E-state index < -0.39 is 0 Å². The molecule has 3 N–H and O–H groups in total. The van der Waals surface area contributed by atoms with Crippen molar-refractivity contribution >= 4 is 0 Å². The van der Waals surface area contributed by atoms with E-state index in [1.54, 1.807) is 0 Å². The normalized spacial score (nSPS) is 15.0. The van der Waals surface area contributed by atoms with Crippen LogP contribution in [-0.2, 0) is 0 Å². The van der Waals surface area contributed by atoms with E-state index in [2.05, 4.69) is 29.8 Å². The fourth-order valence-electron chi connectivity index (χ4n) is 1.04. The van der Waals surface area contributed by atoms with Gasteiger partial charge in [0.2, 0.25) is 0 Å². The molecule has 0 aliphatic rings. The third-order valence-corrected chi connectivity index (χ3v) is 2.31. The van der Waals surface area contributed by atoms with Gasteiger partial charge in [0, 0.05) is 6.04 Å². The molecule has 0 spiro atoms. The minimum absolute atomic E-state index is 0.0441. The van der Waals surface area contributed by atoms with Gasteiger partial charge in [-0.2, -0.15) is 0 Å². The van der Waals surface area contributed by atoms with Crippen LogP contribution >= 0.6 is 0 Å². The Hall–Kier alpha value is -0.120. The fourth-order valence-corrected chi connectivity index (χ4v) is 1.04. The van der Waals surface area contributed by atoms with E-state index in [0.29, 0.717) is 6.04 Å². The summed E-state index contributed by atoms with van der Waals surface area (Å²) >= 11 is 0. The second-order valence-corrected chi connectivity index (χ2v) is 3.23. The average Bonchev–Trinajstić information content (AvgIpc) is 2.04. The van der Waals surface area contributed by atoms with Crippen LogP contribution in [-0.4, -0.2) is 32.8 Å². The Morgan fingerprint density at radius 3 is 1.91 bits per heavy atom. The highest BCUT2D eigenvalue weighted by molar-refractivity contribution is 4.80. The molecule has 0 amide bonds. The maximum atomic E-state index is 3.24. The third kappa shape index (κ3) is 3.70. The Kier molecular flexibility index (Phi) is 4.65. The van der Waals surface area contributed by atoms with Crippen molar-refractivity contribution < 1.29 is 0 Å². The van der Waals surface area contributed by atoms with Gasteiger partial charge in [-0.15, -0.1) is 0 Å². The lowest BCUT2D eigenvalue weighted by Gasteiger charge is -2.31. The molecule has 0 saturated heterocycles. The summed E-state index contributed by atoms with van der Waals surface area (Å²) in [5.74, 6) is 0. The van der Waals surface area contributed by atoms with Crippen molar-refractivity contribution in [2.75, 3.05) is 21.1 Å². The van der Waals surface area contributed by atoms with Crippen LogP contribution in [0, 0.1) is 0 Å². The second kappa shape index (κ2) is 4.70. The monoisotopic (exact) mass is 159 g/mol. The predicted molar refractivity (Wildman–Crippen MR) is 49.7 cm³/mol. The number of hydrogen-bond donors (Lipinski definition) is 3. The van der Waals surface area contributed by atoms with Crippen LogP contribution in [0.5, 0.6) is 0 Å². The molecule has 0 aromatic carbocycles. The van der Waals surface area contributed by atoms with Crippen molar-refractivity contribution in [3.8, 4) is 0 Å². The van der Waals surface area contributed by atoms with E-state index >= 15 is 0 Å². The Labute approximate surface area is 69.9 Å². The number of rotatable bonds is 5. The van der Waals surface area contributed by atoms with E-state index in [9.17, 15) is 0 Å². The summed E-state index contributed by atoms with van der Waals surface area (Å²) in [4.78, 5) is 0. The molecule has 1 atom stereocenters. The molecule has 0 bridgehead atoms. The zero-order valence-corrected chi connectivity index (χ0v) is 8.28. The van der Waals surface area contributed by atoms with Gasteiger partial charge in [0.1, 0.15) is 0 Å². The summed E-state index contributed by atoms with van der Waals surface area (Å²) in [5.41, 5.74) is 0.0441. The van der Waals surface area contributed by atoms with Gasteiger partial charge in [-0.05, 0) is 41.4 Å². The Morgan fingerprint density at radius 1 is 1.18 bits per heavy atom. The molecule has 0 aromatic heterocycles. The molecule has 0 aliphatic carbocycles. The van der Waals surface area contributed by atoms with Crippen LogP contribution in [0.4, 0.5) is 0 Å². The quantitative estimate of drug-likeness (QED) is 0.499. The average molecular weight is 159 g/mol. The molecule has 0 fully saturated rings. The third-order valence-electron chi connectivity index (χ3n) is 2.31. The maximum Gasteiger partial charge on any atom is 0.0668 e. The Bertz CT molecular complexity index is 99.5. The molecule has 0 saturated carbocycles. The lowest BCUT2D eigenvalue weighted by atomic mass is 10.0. The van der Waals surface area contributed by atoms with E-state index in [1.807, 2.05) is 21.1 Å². The van der Waals surface area contributed by atoms with Crippen molar-refractivity contribution in [2.24, 2.45) is 0 Å². The van der Waals surface area contributed by atoms with Crippen LogP contribution in [0.25, 0.3) is 0 Å². The number of hydrogen-bond acceptors (Lipinski definition) is 3. The molecule has 3 nitrogen and oxygen atoms in total. The van der Waals surface area contributed by atoms with Gasteiger partial charge in [0.25, 0.3) is 0 Å². The van der Waals surface area contributed by atoms with Crippen LogP contribution in [0.1, 0.15) is 20.3 Å². The Balaban J connectivity index is 3.86. The van der Waals surface area contributed by atoms with E-state index in [-0.39, 0.29) is 5.66 Å². The smallest absolute Gasteiger partial charge is 0.0668 e. The summed E-state index contributed by atoms with van der Waals surface area (Å²) in [6.07, 6.45) is 1.07. The van der Waals surface area contributed by atoms with Crippen LogP contribution < -0.4 is 16.0 Å². The SMILES string of the molecule is CNC(C)CC(C)(NC)NC. The van der Waals surface area contributed by atoms with Gasteiger partial charge in [0.05, 0.1) is 5.66 Å². The van der Waals surface area contributed by atoms with Crippen molar-refractivity contribution in [2.45, 2.75) is 32.0 Å². The molecular weight excluding hydrogens is 138 g/mol. The molecule has 11 heavy (non-hydrogen) atoms. The topological polar surface area (TPSA) is 36.1 Å². The standard InChI is InChI=1S/C8H21N3/c1-7(9-3)6-8(2,10-4)11-5/h7,9-11H,6H2,1-5H3. The molecular formula is C8H21N3. The zero-order valence-electron chi connectivity index (χ0n) is 8.28. The molecule has 0 rings (SSSR count). The van der Waals surface area contributed by atoms with E-state index in [1.165, 1.54) is 0 Å². The Morgan fingerprint density at radius 2 is 1.64 bits per heavy atom. The molecule has 0 aromatic rings. The van der Waals surface area contributed by atoms with E-state index in [4.69, 9.17) is 0 Å². The lowest BCUT2D eigenvalue weighted by Crippen LogP contribution is -2.54. The molecule has 3 heteroatoms. The van der Waals surface area contributed by atoms with Crippen LogP contribution in [0.2, 0.25) is 0 Å². The van der Waals surface area contributed by atoms with Crippen molar-refractivity contribution in [3.63, 3.8) is 0 Å². The minimum atomic E-state index is 0.0441. The van der Waals surface area contributed by atoms with Gasteiger partial charge < -0.3 is 16.0 Å². The molecule has 0 aliphatic heterocycles. The van der Waals surface area contributed by atoms with Crippen LogP contribution in [0.3, 0.4) is 0 Å². The molecule has 1 unspecified atom stereocenters. The highest BCUT2D eigenvalue weighted by Crippen LogP contribution is 2.06. The molecule has 0 heterocycles. The van der Waals surface area contributed by atoms with Crippen molar-refractivity contribution in [1.82, 2.24) is 16.0 Å². The van der Waals surface area contributed by atoms with Gasteiger partial charge in [-0.3, -0.25) is 0 Å². The molecule has 0 radical (unpaired) electrons. The first-order valence-corrected chi connectivity index (χ1v) is 4.13. The largest absolute Gasteiger partial charge is 0.317 e. The predicted octanol–water partition coefficient (Wildman–Crippen LogP) is 0.139. The summed E-state index contributed by atoms with van der Waals surface area (Å²) in [6, 6.07) is 0.528. The van der Waals surface area contributed by atoms with Crippen molar-refractivity contribution in [1.29, 1.82) is 0 Å². The first-order chi connectivity index (χ1) is 5.08. The van der Waals surface area contributed by atoms with Crippen molar-refractivity contribution in [3.05, 3.63) is 0 Å². The van der Waals surface area contributed by atoms with E-state index in [0.717, 1.165) is 6.42 Å². The fraction of sp³-hybridized carbons (Fsp3) is 1.00. The molecule has 68 valence electrons. The van der Waals surface area contributed by atoms with Gasteiger partial charge >= 0.3 is 0 Å². The first kappa shape index (κ1) is 10.9. The second-order valence-electron chi connectivity index (χ2n) is 3.23. The highest BCUT2D eigenvalue weighted by Gasteiger charge is 2.20. The van der Waals surface area contributed by atoms with Gasteiger partial charge in [-0.25, -0.2) is 0 Å². The first-order valence-electron chi connectivity index (χ1n) is 4.13. The highest BCUT2D eigenvalue weighted by atomic mass is 15.2. The van der Waals surface area contributed by atoms with Crippen LogP contribution in [0.15, 0.2) is 0 Å². The van der Waals surface area contributed by atoms with Gasteiger partial charge in [0.15, 0.2) is 0 Å². The number of nitrogens with one attached hydrogen (secondary N) is 3. The summed E-state index contributed by atoms with van der Waals surface area (Å²) in [6.45, 7) is 4.33. The van der Waals surface area contributed by atoms with Gasteiger partial charge in [-0.1, -0.05) is 0 Å². The minimum Gasteiger partial charge on any atom is -0.317 e. The summed E-state index contributed by atoms with van der Waals surface area (Å²) < 4.78 is 0.